The fraction of sp³-hybridized carbons (Fsp3) is 0.0952. The van der Waals surface area contributed by atoms with Gasteiger partial charge in [0, 0.05) is 18.0 Å². The number of pyridine rings is 1. The molecule has 7 nitrogen and oxygen atoms in total. The molecule has 0 radical (unpaired) electrons. The Bertz CT molecular complexity index is 1280. The van der Waals surface area contributed by atoms with Crippen molar-refractivity contribution in [2.45, 2.75) is 12.8 Å². The van der Waals surface area contributed by atoms with E-state index in [-0.39, 0.29) is 17.4 Å². The van der Waals surface area contributed by atoms with Crippen LogP contribution in [0.3, 0.4) is 0 Å². The number of nitrogens with one attached hydrogen (secondary N) is 1. The molecule has 3 rings (SSSR count). The van der Waals surface area contributed by atoms with Crippen LogP contribution in [0.2, 0.25) is 0 Å². The number of rotatable bonds is 7. The number of carbonyl (C=O) groups is 2. The summed E-state index contributed by atoms with van der Waals surface area (Å²) in [5, 5.41) is 2.07. The lowest BCUT2D eigenvalue weighted by atomic mass is 10.1. The smallest absolute Gasteiger partial charge is 0.419 e. The molecule has 3 N–H and O–H groups in total. The minimum atomic E-state index is -5.22. The third-order valence-electron chi connectivity index (χ3n) is 4.25. The topological polar surface area (TPSA) is 104 Å². The molecule has 0 spiro atoms. The van der Waals surface area contributed by atoms with Gasteiger partial charge in [0.15, 0.2) is 17.3 Å². The van der Waals surface area contributed by atoms with Gasteiger partial charge in [-0.25, -0.2) is 8.78 Å². The van der Waals surface area contributed by atoms with E-state index in [0.717, 1.165) is 30.5 Å². The Labute approximate surface area is 191 Å². The molecule has 0 aliphatic heterocycles. The van der Waals surface area contributed by atoms with Crippen molar-refractivity contribution in [3.63, 3.8) is 0 Å². The van der Waals surface area contributed by atoms with E-state index in [4.69, 9.17) is 10.5 Å². The molecule has 1 heterocycles. The largest absolute Gasteiger partial charge is 0.453 e. The second kappa shape index (κ2) is 9.87. The Kier molecular flexibility index (Phi) is 7.12. The van der Waals surface area contributed by atoms with Crippen molar-refractivity contribution in [3.05, 3.63) is 77.1 Å². The van der Waals surface area contributed by atoms with Gasteiger partial charge in [-0.2, -0.15) is 22.0 Å². The maximum atomic E-state index is 14.9. The van der Waals surface area contributed by atoms with E-state index in [1.54, 1.807) is 0 Å². The molecule has 0 unspecified atom stereocenters. The van der Waals surface area contributed by atoms with Crippen molar-refractivity contribution in [1.29, 1.82) is 0 Å². The average Bonchev–Trinajstić information content (AvgIpc) is 2.74. The zero-order valence-corrected chi connectivity index (χ0v) is 17.0. The summed E-state index contributed by atoms with van der Waals surface area (Å²) in [7, 11) is 0. The molecule has 1 aromatic heterocycles. The van der Waals surface area contributed by atoms with E-state index in [2.05, 4.69) is 15.0 Å². The standard InChI is InChI=1S/C21H12F7N3O4/c22-9-1-3-13(15(7-9)35-20(24)25)34-14-4-2-11(21(26,27)28)17(23)16(14)19(33)31-10-5-6-30-12(8-10)18(29)32/h1-8,20H,(H2,29,32)(H,30,31,33). The van der Waals surface area contributed by atoms with E-state index in [1.165, 1.54) is 0 Å². The number of nitrogens with zero attached hydrogens (tertiary/aromatic N) is 1. The summed E-state index contributed by atoms with van der Waals surface area (Å²) in [6.07, 6.45) is -4.17. The first-order valence-corrected chi connectivity index (χ1v) is 9.26. The molecule has 0 bridgehead atoms. The van der Waals surface area contributed by atoms with Crippen LogP contribution in [0.25, 0.3) is 0 Å². The predicted molar refractivity (Wildman–Crippen MR) is 105 cm³/mol. The van der Waals surface area contributed by atoms with Gasteiger partial charge in [0.1, 0.15) is 22.8 Å². The van der Waals surface area contributed by atoms with Gasteiger partial charge in [-0.1, -0.05) is 0 Å². The minimum Gasteiger partial charge on any atom is -0.453 e. The van der Waals surface area contributed by atoms with Crippen LogP contribution < -0.4 is 20.5 Å². The van der Waals surface area contributed by atoms with Crippen LogP contribution in [0.5, 0.6) is 17.2 Å². The summed E-state index contributed by atoms with van der Waals surface area (Å²) in [5.41, 5.74) is 1.47. The molecule has 2 aromatic carbocycles. The van der Waals surface area contributed by atoms with Gasteiger partial charge in [-0.05, 0) is 36.4 Å². The first-order valence-electron chi connectivity index (χ1n) is 9.26. The molecule has 0 aliphatic rings. The summed E-state index contributed by atoms with van der Waals surface area (Å²) >= 11 is 0. The maximum Gasteiger partial charge on any atom is 0.419 e. The van der Waals surface area contributed by atoms with Crippen LogP contribution in [0.4, 0.5) is 36.4 Å². The zero-order chi connectivity index (χ0) is 25.9. The van der Waals surface area contributed by atoms with Crippen molar-refractivity contribution in [2.75, 3.05) is 5.32 Å². The van der Waals surface area contributed by atoms with E-state index in [0.29, 0.717) is 12.1 Å². The Morgan fingerprint density at radius 3 is 2.29 bits per heavy atom. The van der Waals surface area contributed by atoms with Gasteiger partial charge in [-0.15, -0.1) is 0 Å². The van der Waals surface area contributed by atoms with Crippen molar-refractivity contribution in [2.24, 2.45) is 5.73 Å². The van der Waals surface area contributed by atoms with E-state index >= 15 is 0 Å². The quantitative estimate of drug-likeness (QED) is 0.436. The minimum absolute atomic E-state index is 0.190. The number of hydrogen-bond acceptors (Lipinski definition) is 5. The number of primary amides is 1. The number of ether oxygens (including phenoxy) is 2. The highest BCUT2D eigenvalue weighted by molar-refractivity contribution is 6.07. The molecule has 2 amide bonds. The van der Waals surface area contributed by atoms with E-state index in [9.17, 15) is 40.3 Å². The number of benzene rings is 2. The predicted octanol–water partition coefficient (Wildman–Crippen LogP) is 5.12. The van der Waals surface area contributed by atoms with Gasteiger partial charge in [0.05, 0.1) is 5.56 Å². The fourth-order valence-electron chi connectivity index (χ4n) is 2.78. The zero-order valence-electron chi connectivity index (χ0n) is 17.0. The molecule has 184 valence electrons. The average molecular weight is 503 g/mol. The van der Waals surface area contributed by atoms with Crippen molar-refractivity contribution in [1.82, 2.24) is 4.98 Å². The number of hydrogen-bond donors (Lipinski definition) is 2. The highest BCUT2D eigenvalue weighted by Crippen LogP contribution is 2.39. The third kappa shape index (κ3) is 5.96. The fourth-order valence-corrected chi connectivity index (χ4v) is 2.78. The SMILES string of the molecule is NC(=O)c1cc(NC(=O)c2c(Oc3ccc(F)cc3OC(F)F)ccc(C(F)(F)F)c2F)ccn1. The van der Waals surface area contributed by atoms with Crippen LogP contribution in [0.15, 0.2) is 48.7 Å². The number of carbonyl (C=O) groups excluding carboxylic acids is 2. The van der Waals surface area contributed by atoms with Crippen LogP contribution in [0, 0.1) is 11.6 Å². The molecule has 14 heteroatoms. The second-order valence-corrected chi connectivity index (χ2v) is 6.62. The molecule has 0 saturated heterocycles. The first kappa shape index (κ1) is 25.3. The Morgan fingerprint density at radius 1 is 0.971 bits per heavy atom. The molecular formula is C21H12F7N3O4. The van der Waals surface area contributed by atoms with Gasteiger partial charge in [0.2, 0.25) is 0 Å². The van der Waals surface area contributed by atoms with Crippen LogP contribution in [0.1, 0.15) is 26.4 Å². The number of halogens is 7. The highest BCUT2D eigenvalue weighted by atomic mass is 19.4. The summed E-state index contributed by atoms with van der Waals surface area (Å²) in [5.74, 6) is -7.89. The first-order chi connectivity index (χ1) is 16.4. The van der Waals surface area contributed by atoms with Crippen LogP contribution in [-0.2, 0) is 6.18 Å². The van der Waals surface area contributed by atoms with Gasteiger partial charge < -0.3 is 20.5 Å². The molecule has 0 fully saturated rings. The summed E-state index contributed by atoms with van der Waals surface area (Å²) in [4.78, 5) is 27.7. The number of anilines is 1. The lowest BCUT2D eigenvalue weighted by Gasteiger charge is -2.17. The number of alkyl halides is 5. The molecule has 0 atom stereocenters. The lowest BCUT2D eigenvalue weighted by Crippen LogP contribution is -2.19. The molecule has 3 aromatic rings. The maximum absolute atomic E-state index is 14.9. The molecular weight excluding hydrogens is 491 g/mol. The van der Waals surface area contributed by atoms with Crippen molar-refractivity contribution < 1.29 is 49.8 Å². The monoisotopic (exact) mass is 503 g/mol. The number of nitrogens with two attached hydrogens (primary N) is 1. The van der Waals surface area contributed by atoms with E-state index < -0.39 is 64.6 Å². The Hall–Kier alpha value is -4.36. The van der Waals surface area contributed by atoms with Gasteiger partial charge >= 0.3 is 12.8 Å². The Morgan fingerprint density at radius 2 is 1.66 bits per heavy atom. The van der Waals surface area contributed by atoms with Gasteiger partial charge in [-0.3, -0.25) is 14.6 Å². The summed E-state index contributed by atoms with van der Waals surface area (Å²) in [6, 6.07) is 4.95. The third-order valence-corrected chi connectivity index (χ3v) is 4.25. The Balaban J connectivity index is 2.08. The number of aromatic nitrogens is 1. The summed E-state index contributed by atoms with van der Waals surface area (Å²) < 4.78 is 103. The van der Waals surface area contributed by atoms with Crippen LogP contribution in [-0.4, -0.2) is 23.4 Å². The second-order valence-electron chi connectivity index (χ2n) is 6.62. The molecule has 35 heavy (non-hydrogen) atoms. The lowest BCUT2D eigenvalue weighted by molar-refractivity contribution is -0.140. The molecule has 0 aliphatic carbocycles. The van der Waals surface area contributed by atoms with Crippen LogP contribution >= 0.6 is 0 Å². The van der Waals surface area contributed by atoms with Gasteiger partial charge in [0.25, 0.3) is 11.8 Å². The molecule has 0 saturated carbocycles. The number of amides is 2. The summed E-state index contributed by atoms with van der Waals surface area (Å²) in [6.45, 7) is -3.43. The highest BCUT2D eigenvalue weighted by Gasteiger charge is 2.37. The van der Waals surface area contributed by atoms with Crippen molar-refractivity contribution >= 4 is 17.5 Å². The van der Waals surface area contributed by atoms with Crippen molar-refractivity contribution in [3.8, 4) is 17.2 Å². The van der Waals surface area contributed by atoms with E-state index in [1.807, 2.05) is 0 Å². The normalized spacial score (nSPS) is 11.3.